The number of carbonyl (C=O) groups is 1. The topological polar surface area (TPSA) is 48.0 Å². The van der Waals surface area contributed by atoms with Crippen LogP contribution in [0.2, 0.25) is 0 Å². The van der Waals surface area contributed by atoms with Crippen molar-refractivity contribution < 1.29 is 19.0 Å². The van der Waals surface area contributed by atoms with Gasteiger partial charge >= 0.3 is 0 Å². The average molecular weight is 436 g/mol. The summed E-state index contributed by atoms with van der Waals surface area (Å²) < 4.78 is 16.9. The molecule has 2 aliphatic rings. The summed E-state index contributed by atoms with van der Waals surface area (Å²) in [5.74, 6) is 2.21. The van der Waals surface area contributed by atoms with Gasteiger partial charge in [-0.05, 0) is 56.9 Å². The summed E-state index contributed by atoms with van der Waals surface area (Å²) >= 11 is 0. The summed E-state index contributed by atoms with van der Waals surface area (Å²) in [6.07, 6.45) is 8.23. The molecule has 1 aromatic rings. The van der Waals surface area contributed by atoms with E-state index >= 15 is 0 Å². The van der Waals surface area contributed by atoms with Gasteiger partial charge in [-0.15, -0.1) is 12.4 Å². The molecule has 1 aromatic carbocycles. The lowest BCUT2D eigenvalue weighted by Gasteiger charge is -2.35. The molecule has 0 bridgehead atoms. The fraction of sp³-hybridized carbons (Fsp3) is 0.542. The average Bonchev–Trinajstić information content (AvgIpc) is 3.14. The molecule has 0 radical (unpaired) electrons. The van der Waals surface area contributed by atoms with Crippen LogP contribution in [0.1, 0.15) is 57.7 Å². The van der Waals surface area contributed by atoms with E-state index in [1.807, 2.05) is 12.1 Å². The number of hydrogen-bond acceptors (Lipinski definition) is 5. The van der Waals surface area contributed by atoms with Crippen LogP contribution in [0.3, 0.4) is 0 Å². The molecular formula is C24H34ClNO4. The van der Waals surface area contributed by atoms with Crippen molar-refractivity contribution in [1.82, 2.24) is 4.90 Å². The van der Waals surface area contributed by atoms with E-state index in [1.165, 1.54) is 11.1 Å². The largest absolute Gasteiger partial charge is 0.492 e. The van der Waals surface area contributed by atoms with Crippen molar-refractivity contribution in [2.24, 2.45) is 5.41 Å². The predicted molar refractivity (Wildman–Crippen MR) is 122 cm³/mol. The molecular weight excluding hydrogens is 402 g/mol. The van der Waals surface area contributed by atoms with Crippen LogP contribution in [0.4, 0.5) is 0 Å². The first-order chi connectivity index (χ1) is 13.7. The van der Waals surface area contributed by atoms with Crippen LogP contribution in [0.5, 0.6) is 17.2 Å². The number of rotatable bonds is 7. The van der Waals surface area contributed by atoms with Gasteiger partial charge in [0.1, 0.15) is 0 Å². The molecule has 6 heteroatoms. The van der Waals surface area contributed by atoms with E-state index in [1.54, 1.807) is 13.2 Å². The highest BCUT2D eigenvalue weighted by Gasteiger charge is 2.34. The smallest absolute Gasteiger partial charge is 0.231 e. The van der Waals surface area contributed by atoms with Crippen molar-refractivity contribution in [2.75, 3.05) is 27.5 Å². The van der Waals surface area contributed by atoms with Crippen LogP contribution in [-0.2, 0) is 11.2 Å². The molecule has 0 saturated carbocycles. The quantitative estimate of drug-likeness (QED) is 0.431. The molecule has 30 heavy (non-hydrogen) atoms. The highest BCUT2D eigenvalue weighted by molar-refractivity contribution is 5.90. The Morgan fingerprint density at radius 2 is 2.07 bits per heavy atom. The molecule has 3 rings (SSSR count). The fourth-order valence-corrected chi connectivity index (χ4v) is 3.90. The van der Waals surface area contributed by atoms with Gasteiger partial charge in [-0.25, -0.2) is 0 Å². The van der Waals surface area contributed by atoms with E-state index in [9.17, 15) is 4.79 Å². The van der Waals surface area contributed by atoms with Crippen LogP contribution in [0, 0.1) is 5.41 Å². The Bertz CT molecular complexity index is 840. The molecule has 0 aliphatic carbocycles. The lowest BCUT2D eigenvalue weighted by molar-refractivity contribution is -0.115. The number of likely N-dealkylation sites (N-methyl/N-ethyl adjacent to an activating group) is 1. The summed E-state index contributed by atoms with van der Waals surface area (Å²) in [5.41, 5.74) is 3.47. The number of carbonyl (C=O) groups excluding carboxylic acids is 1. The van der Waals surface area contributed by atoms with Gasteiger partial charge in [0.25, 0.3) is 0 Å². The summed E-state index contributed by atoms with van der Waals surface area (Å²) in [5, 5.41) is 0. The van der Waals surface area contributed by atoms with Crippen molar-refractivity contribution in [2.45, 2.75) is 53.0 Å². The minimum absolute atomic E-state index is 0. The molecule has 0 aromatic heterocycles. The normalized spacial score (nSPS) is 18.0. The van der Waals surface area contributed by atoms with E-state index in [0.29, 0.717) is 17.9 Å². The molecule has 2 heterocycles. The first-order valence-corrected chi connectivity index (χ1v) is 10.3. The molecule has 2 aliphatic heterocycles. The van der Waals surface area contributed by atoms with Crippen molar-refractivity contribution >= 4 is 18.2 Å². The van der Waals surface area contributed by atoms with Gasteiger partial charge in [0.15, 0.2) is 17.3 Å². The van der Waals surface area contributed by atoms with Gasteiger partial charge in [0, 0.05) is 24.6 Å². The maximum absolute atomic E-state index is 12.9. The molecule has 1 atom stereocenters. The summed E-state index contributed by atoms with van der Waals surface area (Å²) in [6, 6.07) is 2.00. The van der Waals surface area contributed by atoms with Crippen LogP contribution < -0.4 is 14.2 Å². The molecule has 1 unspecified atom stereocenters. The monoisotopic (exact) mass is 435 g/mol. The van der Waals surface area contributed by atoms with E-state index in [2.05, 4.69) is 45.7 Å². The molecule has 5 nitrogen and oxygen atoms in total. The standard InChI is InChI=1S/C24H33NO4.ClH/c1-16(2)7-10-24(3,4)11-8-18(26)14-19-21-17(9-12-25(19)5)13-20-22(23(21)27-6)29-15-28-20;/h7-8,11,13,19H,9-10,12,14-15H2,1-6H3;1H/b11-8+;. The van der Waals surface area contributed by atoms with Crippen molar-refractivity contribution in [3.05, 3.63) is 41.0 Å². The van der Waals surface area contributed by atoms with Crippen LogP contribution in [-0.4, -0.2) is 38.2 Å². The number of methoxy groups -OCH3 is 1. The maximum Gasteiger partial charge on any atom is 0.231 e. The van der Waals surface area contributed by atoms with Gasteiger partial charge in [-0.1, -0.05) is 31.6 Å². The lowest BCUT2D eigenvalue weighted by Crippen LogP contribution is -2.33. The zero-order valence-corrected chi connectivity index (χ0v) is 19.7. The van der Waals surface area contributed by atoms with Gasteiger partial charge in [-0.2, -0.15) is 0 Å². The predicted octanol–water partition coefficient (Wildman–Crippen LogP) is 5.27. The Balaban J connectivity index is 0.00000320. The van der Waals surface area contributed by atoms with Crippen LogP contribution in [0.15, 0.2) is 29.9 Å². The fourth-order valence-electron chi connectivity index (χ4n) is 3.90. The number of ketones is 1. The zero-order valence-electron chi connectivity index (χ0n) is 18.9. The van der Waals surface area contributed by atoms with E-state index in [0.717, 1.165) is 30.7 Å². The van der Waals surface area contributed by atoms with Gasteiger partial charge in [0.05, 0.1) is 7.11 Å². The number of nitrogens with zero attached hydrogens (tertiary/aromatic N) is 1. The number of allylic oxidation sites excluding steroid dienone is 4. The third-order valence-corrected chi connectivity index (χ3v) is 5.70. The Hall–Kier alpha value is -1.98. The minimum Gasteiger partial charge on any atom is -0.492 e. The van der Waals surface area contributed by atoms with Gasteiger partial charge < -0.3 is 14.2 Å². The molecule has 166 valence electrons. The van der Waals surface area contributed by atoms with Gasteiger partial charge in [0.2, 0.25) is 12.5 Å². The number of ether oxygens (including phenoxy) is 3. The highest BCUT2D eigenvalue weighted by atomic mass is 35.5. The van der Waals surface area contributed by atoms with Crippen molar-refractivity contribution in [3.8, 4) is 17.2 Å². The third kappa shape index (κ3) is 5.38. The molecule has 0 spiro atoms. The number of halogens is 1. The second kappa shape index (κ2) is 9.88. The summed E-state index contributed by atoms with van der Waals surface area (Å²) in [4.78, 5) is 15.1. The Labute approximate surface area is 186 Å². The Morgan fingerprint density at radius 3 is 2.73 bits per heavy atom. The first-order valence-electron chi connectivity index (χ1n) is 10.3. The highest BCUT2D eigenvalue weighted by Crippen LogP contribution is 2.50. The minimum atomic E-state index is -0.0486. The Morgan fingerprint density at radius 1 is 1.33 bits per heavy atom. The summed E-state index contributed by atoms with van der Waals surface area (Å²) in [7, 11) is 3.71. The molecule has 0 fully saturated rings. The number of hydrogen-bond donors (Lipinski definition) is 0. The summed E-state index contributed by atoms with van der Waals surface area (Å²) in [6.45, 7) is 9.60. The van der Waals surface area contributed by atoms with Crippen LogP contribution >= 0.6 is 12.4 Å². The molecule has 0 N–H and O–H groups in total. The molecule has 0 amide bonds. The van der Waals surface area contributed by atoms with Crippen LogP contribution in [0.25, 0.3) is 0 Å². The van der Waals surface area contributed by atoms with Crippen molar-refractivity contribution in [1.29, 1.82) is 0 Å². The zero-order chi connectivity index (χ0) is 21.2. The van der Waals surface area contributed by atoms with E-state index in [4.69, 9.17) is 14.2 Å². The third-order valence-electron chi connectivity index (χ3n) is 5.70. The second-order valence-electron chi connectivity index (χ2n) is 8.94. The maximum atomic E-state index is 12.9. The number of benzene rings is 1. The second-order valence-corrected chi connectivity index (χ2v) is 8.94. The van der Waals surface area contributed by atoms with Crippen molar-refractivity contribution in [3.63, 3.8) is 0 Å². The SMILES string of the molecule is COc1c2c(cc3c1C(CC(=O)/C=C/C(C)(C)CC=C(C)C)N(C)CC3)OCO2.Cl. The first kappa shape index (κ1) is 24.3. The van der Waals surface area contributed by atoms with E-state index in [-0.39, 0.29) is 36.4 Å². The molecule has 0 saturated heterocycles. The number of fused-ring (bicyclic) bond motifs is 2. The Kier molecular flexibility index (Phi) is 8.00. The van der Waals surface area contributed by atoms with E-state index < -0.39 is 0 Å². The lowest BCUT2D eigenvalue weighted by atomic mass is 9.86. The van der Waals surface area contributed by atoms with Gasteiger partial charge in [-0.3, -0.25) is 9.69 Å².